The van der Waals surface area contributed by atoms with Gasteiger partial charge in [-0.1, -0.05) is 17.7 Å². The summed E-state index contributed by atoms with van der Waals surface area (Å²) in [5.41, 5.74) is 1.59. The van der Waals surface area contributed by atoms with E-state index in [0.717, 1.165) is 17.1 Å². The zero-order valence-corrected chi connectivity index (χ0v) is 15.7. The molecule has 0 aromatic heterocycles. The van der Waals surface area contributed by atoms with Crippen molar-refractivity contribution in [3.05, 3.63) is 47.0 Å². The molecule has 0 saturated carbocycles. The third-order valence-corrected chi connectivity index (χ3v) is 4.56. The van der Waals surface area contributed by atoms with E-state index in [1.54, 1.807) is 25.3 Å². The maximum absolute atomic E-state index is 12.6. The lowest BCUT2D eigenvalue weighted by molar-refractivity contribution is -0.120. The van der Waals surface area contributed by atoms with Crippen molar-refractivity contribution in [2.45, 2.75) is 19.5 Å². The largest absolute Gasteiger partial charge is 0.495 e. The van der Waals surface area contributed by atoms with Gasteiger partial charge in [0.15, 0.2) is 11.5 Å². The van der Waals surface area contributed by atoms with Crippen LogP contribution in [0.4, 0.5) is 5.69 Å². The van der Waals surface area contributed by atoms with Crippen LogP contribution in [-0.2, 0) is 11.3 Å². The normalized spacial score (nSPS) is 13.6. The molecule has 0 saturated heterocycles. The number of amides is 1. The van der Waals surface area contributed by atoms with E-state index in [9.17, 15) is 4.79 Å². The number of ether oxygens (including phenoxy) is 3. The summed E-state index contributed by atoms with van der Waals surface area (Å²) < 4.78 is 16.0. The molecule has 3 rings (SSSR count). The van der Waals surface area contributed by atoms with Crippen LogP contribution in [0.25, 0.3) is 0 Å². The zero-order valence-electron chi connectivity index (χ0n) is 14.9. The van der Waals surface area contributed by atoms with E-state index in [2.05, 4.69) is 5.32 Å². The van der Waals surface area contributed by atoms with Crippen LogP contribution < -0.4 is 19.5 Å². The van der Waals surface area contributed by atoms with Crippen molar-refractivity contribution in [3.63, 3.8) is 0 Å². The van der Waals surface area contributed by atoms with Crippen LogP contribution in [0.15, 0.2) is 36.4 Å². The molecule has 0 aliphatic carbocycles. The highest BCUT2D eigenvalue weighted by molar-refractivity contribution is 6.31. The molecule has 1 amide bonds. The second-order valence-electron chi connectivity index (χ2n) is 6.11. The Balaban J connectivity index is 1.65. The monoisotopic (exact) mass is 376 g/mol. The number of fused-ring (bicyclic) bond motifs is 1. The van der Waals surface area contributed by atoms with Gasteiger partial charge < -0.3 is 19.5 Å². The molecule has 1 aliphatic heterocycles. The lowest BCUT2D eigenvalue weighted by Crippen LogP contribution is -2.39. The van der Waals surface area contributed by atoms with E-state index in [1.807, 2.05) is 37.1 Å². The van der Waals surface area contributed by atoms with Gasteiger partial charge >= 0.3 is 0 Å². The first-order valence-corrected chi connectivity index (χ1v) is 8.59. The summed E-state index contributed by atoms with van der Waals surface area (Å²) in [5.74, 6) is 1.90. The standard InChI is InChI=1S/C19H21ClN2O4/c1-12(19(23)21-15-9-14(20)5-7-16(15)24-3)22(2)10-13-4-6-17-18(8-13)26-11-25-17/h4-9,12H,10-11H2,1-3H3,(H,21,23)/t12-/m1/s1. The van der Waals surface area contributed by atoms with Crippen molar-refractivity contribution >= 4 is 23.2 Å². The minimum absolute atomic E-state index is 0.145. The van der Waals surface area contributed by atoms with Gasteiger partial charge in [0.25, 0.3) is 0 Å². The number of carbonyl (C=O) groups excluding carboxylic acids is 1. The molecule has 2 aromatic rings. The fourth-order valence-corrected chi connectivity index (χ4v) is 2.85. The quantitative estimate of drug-likeness (QED) is 0.835. The second kappa shape index (κ2) is 7.85. The molecule has 1 heterocycles. The van der Waals surface area contributed by atoms with E-state index in [0.29, 0.717) is 23.0 Å². The molecule has 1 N–H and O–H groups in total. The Kier molecular flexibility index (Phi) is 5.54. The molecule has 0 spiro atoms. The van der Waals surface area contributed by atoms with Crippen molar-refractivity contribution in [1.29, 1.82) is 0 Å². The maximum atomic E-state index is 12.6. The number of hydrogen-bond donors (Lipinski definition) is 1. The van der Waals surface area contributed by atoms with Gasteiger partial charge in [0.1, 0.15) is 5.75 Å². The molecule has 1 aliphatic rings. The minimum Gasteiger partial charge on any atom is -0.495 e. The molecular formula is C19H21ClN2O4. The molecule has 26 heavy (non-hydrogen) atoms. The lowest BCUT2D eigenvalue weighted by atomic mass is 10.1. The number of nitrogens with one attached hydrogen (secondary N) is 1. The summed E-state index contributed by atoms with van der Waals surface area (Å²) in [6.45, 7) is 2.69. The topological polar surface area (TPSA) is 60.0 Å². The SMILES string of the molecule is COc1ccc(Cl)cc1NC(=O)[C@@H](C)N(C)Cc1ccc2c(c1)OCO2. The van der Waals surface area contributed by atoms with Crippen molar-refractivity contribution in [2.75, 3.05) is 26.3 Å². The van der Waals surface area contributed by atoms with E-state index < -0.39 is 0 Å². The van der Waals surface area contributed by atoms with Crippen molar-refractivity contribution in [3.8, 4) is 17.2 Å². The average molecular weight is 377 g/mol. The van der Waals surface area contributed by atoms with Crippen LogP contribution in [0.5, 0.6) is 17.2 Å². The van der Waals surface area contributed by atoms with Crippen LogP contribution in [0, 0.1) is 0 Å². The van der Waals surface area contributed by atoms with Crippen molar-refractivity contribution in [2.24, 2.45) is 0 Å². The van der Waals surface area contributed by atoms with Crippen LogP contribution in [0.2, 0.25) is 5.02 Å². The van der Waals surface area contributed by atoms with Gasteiger partial charge in [-0.3, -0.25) is 9.69 Å². The van der Waals surface area contributed by atoms with Crippen molar-refractivity contribution in [1.82, 2.24) is 4.90 Å². The van der Waals surface area contributed by atoms with Crippen LogP contribution in [0.1, 0.15) is 12.5 Å². The van der Waals surface area contributed by atoms with Gasteiger partial charge in [0.05, 0.1) is 18.8 Å². The number of rotatable bonds is 6. The fraction of sp³-hybridized carbons (Fsp3) is 0.316. The number of nitrogens with zero attached hydrogens (tertiary/aromatic N) is 1. The molecule has 0 unspecified atom stereocenters. The molecule has 0 fully saturated rings. The molecule has 138 valence electrons. The molecule has 2 aromatic carbocycles. The highest BCUT2D eigenvalue weighted by Crippen LogP contribution is 2.33. The Bertz CT molecular complexity index is 812. The number of benzene rings is 2. The smallest absolute Gasteiger partial charge is 0.241 e. The Labute approximate surface area is 157 Å². The Morgan fingerprint density at radius 1 is 1.27 bits per heavy atom. The average Bonchev–Trinajstić information content (AvgIpc) is 3.09. The Morgan fingerprint density at radius 3 is 2.81 bits per heavy atom. The third kappa shape index (κ3) is 4.03. The summed E-state index contributed by atoms with van der Waals surface area (Å²) in [7, 11) is 3.44. The van der Waals surface area contributed by atoms with Gasteiger partial charge in [-0.25, -0.2) is 0 Å². The van der Waals surface area contributed by atoms with Crippen LogP contribution in [0.3, 0.4) is 0 Å². The Hall–Kier alpha value is -2.44. The minimum atomic E-state index is -0.357. The highest BCUT2D eigenvalue weighted by atomic mass is 35.5. The van der Waals surface area contributed by atoms with E-state index in [1.165, 1.54) is 0 Å². The predicted octanol–water partition coefficient (Wildman–Crippen LogP) is 3.54. The predicted molar refractivity (Wildman–Crippen MR) is 100 cm³/mol. The molecular weight excluding hydrogens is 356 g/mol. The lowest BCUT2D eigenvalue weighted by Gasteiger charge is -2.24. The number of anilines is 1. The molecule has 1 atom stereocenters. The first kappa shape index (κ1) is 18.4. The number of carbonyl (C=O) groups is 1. The van der Waals surface area contributed by atoms with Gasteiger partial charge in [-0.2, -0.15) is 0 Å². The van der Waals surface area contributed by atoms with Crippen LogP contribution in [-0.4, -0.2) is 37.8 Å². The van der Waals surface area contributed by atoms with Gasteiger partial charge in [0, 0.05) is 11.6 Å². The van der Waals surface area contributed by atoms with Gasteiger partial charge in [0.2, 0.25) is 12.7 Å². The molecule has 6 nitrogen and oxygen atoms in total. The number of hydrogen-bond acceptors (Lipinski definition) is 5. The fourth-order valence-electron chi connectivity index (χ4n) is 2.68. The number of methoxy groups -OCH3 is 1. The van der Waals surface area contributed by atoms with Crippen LogP contribution >= 0.6 is 11.6 Å². The molecule has 7 heteroatoms. The Morgan fingerprint density at radius 2 is 2.04 bits per heavy atom. The summed E-state index contributed by atoms with van der Waals surface area (Å²) in [6, 6.07) is 10.5. The third-order valence-electron chi connectivity index (χ3n) is 4.33. The summed E-state index contributed by atoms with van der Waals surface area (Å²) in [6.07, 6.45) is 0. The summed E-state index contributed by atoms with van der Waals surface area (Å²) in [5, 5.41) is 3.41. The second-order valence-corrected chi connectivity index (χ2v) is 6.55. The number of halogens is 1. The summed E-state index contributed by atoms with van der Waals surface area (Å²) >= 11 is 6.01. The molecule has 0 bridgehead atoms. The van der Waals surface area contributed by atoms with Gasteiger partial charge in [-0.15, -0.1) is 0 Å². The van der Waals surface area contributed by atoms with Gasteiger partial charge in [-0.05, 0) is 49.9 Å². The van der Waals surface area contributed by atoms with E-state index >= 15 is 0 Å². The highest BCUT2D eigenvalue weighted by Gasteiger charge is 2.21. The van der Waals surface area contributed by atoms with E-state index in [-0.39, 0.29) is 18.7 Å². The van der Waals surface area contributed by atoms with Crippen molar-refractivity contribution < 1.29 is 19.0 Å². The molecule has 0 radical (unpaired) electrons. The first-order valence-electron chi connectivity index (χ1n) is 8.21. The number of likely N-dealkylation sites (N-methyl/N-ethyl adjacent to an activating group) is 1. The maximum Gasteiger partial charge on any atom is 0.241 e. The summed E-state index contributed by atoms with van der Waals surface area (Å²) in [4.78, 5) is 14.6. The zero-order chi connectivity index (χ0) is 18.7. The van der Waals surface area contributed by atoms with E-state index in [4.69, 9.17) is 25.8 Å². The first-order chi connectivity index (χ1) is 12.5.